The molecule has 0 saturated heterocycles. The van der Waals surface area contributed by atoms with E-state index in [0.717, 1.165) is 0 Å². The molecule has 0 atom stereocenters. The van der Waals surface area contributed by atoms with E-state index < -0.39 is 95.5 Å². The third-order valence-electron chi connectivity index (χ3n) is 5.06. The minimum atomic E-state index is -9.25. The van der Waals surface area contributed by atoms with E-state index in [-0.39, 0.29) is 35.6 Å². The number of benzene rings is 1. The molecule has 0 radical (unpaired) electrons. The van der Waals surface area contributed by atoms with E-state index in [0.29, 0.717) is 6.07 Å². The summed E-state index contributed by atoms with van der Waals surface area (Å²) in [6, 6.07) is -0.464. The minimum Gasteiger partial charge on any atom is -0.546 e. The summed E-state index contributed by atoms with van der Waals surface area (Å²) < 4.78 is 286. The van der Waals surface area contributed by atoms with Crippen molar-refractivity contribution < 1.29 is 136 Å². The normalized spacial score (nSPS) is 15.2. The van der Waals surface area contributed by atoms with Crippen LogP contribution in [0.4, 0.5) is 92.2 Å². The molecule has 0 aliphatic carbocycles. The van der Waals surface area contributed by atoms with Crippen LogP contribution in [-0.2, 0) is 10.7 Å². The number of carbonyl (C=O) groups is 1. The second-order valence-corrected chi connectivity index (χ2v) is 7.86. The molecule has 0 aliphatic heterocycles. The van der Waals surface area contributed by atoms with Gasteiger partial charge in [-0.05, 0) is 12.1 Å². The van der Waals surface area contributed by atoms with Crippen LogP contribution >= 0.6 is 0 Å². The number of hydrogen-bond acceptors (Lipinski definition) is 3. The van der Waals surface area contributed by atoms with E-state index in [1.807, 2.05) is 0 Å². The molecule has 0 saturated carbocycles. The van der Waals surface area contributed by atoms with Gasteiger partial charge in [-0.1, -0.05) is 12.1 Å². The minimum absolute atomic E-state index is 0. The molecular formula is C18H6F21NaO3. The Balaban J connectivity index is 0.0000176. The molecule has 0 aromatic heterocycles. The van der Waals surface area contributed by atoms with E-state index in [4.69, 9.17) is 0 Å². The van der Waals surface area contributed by atoms with Gasteiger partial charge in [0.25, 0.3) is 0 Å². The molecule has 43 heavy (non-hydrogen) atoms. The Bertz CT molecular complexity index is 1160. The van der Waals surface area contributed by atoms with E-state index in [2.05, 4.69) is 4.74 Å². The molecule has 1 aromatic carbocycles. The number of aliphatic carboxylic acids is 1. The second kappa shape index (κ2) is 11.4. The van der Waals surface area contributed by atoms with Gasteiger partial charge in [-0.2, -0.15) is 92.2 Å². The van der Waals surface area contributed by atoms with Gasteiger partial charge in [-0.25, -0.2) is 0 Å². The predicted molar refractivity (Wildman–Crippen MR) is 86.5 cm³/mol. The summed E-state index contributed by atoms with van der Waals surface area (Å²) >= 11 is 0. The summed E-state index contributed by atoms with van der Waals surface area (Å²) in [7, 11) is 0. The van der Waals surface area contributed by atoms with Gasteiger partial charge in [0.05, 0.1) is 5.97 Å². The van der Waals surface area contributed by atoms with Crippen LogP contribution < -0.4 is 39.4 Å². The molecule has 0 aliphatic rings. The zero-order valence-corrected chi connectivity index (χ0v) is 21.7. The molecule has 1 rings (SSSR count). The molecule has 0 heterocycles. The molecule has 244 valence electrons. The zero-order valence-electron chi connectivity index (χ0n) is 19.7. The standard InChI is InChI=1S/C18H7F21O3.Na/c19-9(20,6-2-1-3-7(4-6)42-5-8(40)41)10(21,22)11(23,24)12(25,26)13(27,28)14(29,30)15(31,32)16(33,34)17(35,36)18(37,38)39;/h1-4H,5H2,(H,40,41);/q;+1/p-1. The smallest absolute Gasteiger partial charge is 0.546 e. The molecule has 25 heteroatoms. The molecule has 0 bridgehead atoms. The van der Waals surface area contributed by atoms with Crippen LogP contribution in [0.3, 0.4) is 0 Å². The number of alkyl halides is 21. The molecule has 0 fully saturated rings. The first-order valence-electron chi connectivity index (χ1n) is 9.54. The maximum atomic E-state index is 14.3. The number of carboxylic acid groups (broad SMARTS) is 1. The van der Waals surface area contributed by atoms with Gasteiger partial charge in [0.1, 0.15) is 12.4 Å². The summed E-state index contributed by atoms with van der Waals surface area (Å²) in [4.78, 5) is 10.3. The first-order valence-corrected chi connectivity index (χ1v) is 9.54. The number of carboxylic acids is 1. The fourth-order valence-corrected chi connectivity index (χ4v) is 2.66. The van der Waals surface area contributed by atoms with E-state index in [1.54, 1.807) is 0 Å². The maximum absolute atomic E-state index is 14.3. The third-order valence-corrected chi connectivity index (χ3v) is 5.06. The van der Waals surface area contributed by atoms with Crippen molar-refractivity contribution in [2.45, 2.75) is 59.5 Å². The first-order chi connectivity index (χ1) is 18.1. The molecule has 0 unspecified atom stereocenters. The Hall–Kier alpha value is -1.98. The van der Waals surface area contributed by atoms with Crippen LogP contribution in [0.15, 0.2) is 24.3 Å². The van der Waals surface area contributed by atoms with Crippen LogP contribution in [0, 0.1) is 0 Å². The molecule has 0 spiro atoms. The molecule has 0 amide bonds. The van der Waals surface area contributed by atoms with Crippen molar-refractivity contribution in [3.8, 4) is 5.75 Å². The van der Waals surface area contributed by atoms with Crippen LogP contribution in [0.25, 0.3) is 0 Å². The number of hydrogen-bond donors (Lipinski definition) is 0. The third kappa shape index (κ3) is 5.78. The molecular weight excluding hydrogens is 686 g/mol. The van der Waals surface area contributed by atoms with Crippen LogP contribution in [0.1, 0.15) is 5.56 Å². The fourth-order valence-electron chi connectivity index (χ4n) is 2.66. The number of carbonyl (C=O) groups excluding carboxylic acids is 1. The van der Waals surface area contributed by atoms with Crippen molar-refractivity contribution in [1.82, 2.24) is 0 Å². The van der Waals surface area contributed by atoms with E-state index in [9.17, 15) is 102 Å². The van der Waals surface area contributed by atoms with Gasteiger partial charge in [0.2, 0.25) is 0 Å². The molecule has 1 aromatic rings. The van der Waals surface area contributed by atoms with Crippen LogP contribution in [-0.4, -0.2) is 66.1 Å². The van der Waals surface area contributed by atoms with Gasteiger partial charge in [-0.15, -0.1) is 0 Å². The maximum Gasteiger partial charge on any atom is 1.00 e. The van der Waals surface area contributed by atoms with Gasteiger partial charge in [0, 0.05) is 5.56 Å². The Morgan fingerprint density at radius 3 is 1.21 bits per heavy atom. The SMILES string of the molecule is O=C([O-])COc1cccc(C(F)(F)C(F)(F)C(F)(F)C(F)(F)C(F)(F)C(F)(F)C(F)(F)C(F)(F)C(F)(F)C(F)(F)F)c1.[Na+]. The quantitative estimate of drug-likeness (QED) is 0.249. The summed E-state index contributed by atoms with van der Waals surface area (Å²) in [5.41, 5.74) is -2.68. The summed E-state index contributed by atoms with van der Waals surface area (Å²) in [6.07, 6.45) is -8.05. The van der Waals surface area contributed by atoms with Crippen LogP contribution in [0.2, 0.25) is 0 Å². The van der Waals surface area contributed by atoms with E-state index in [1.165, 1.54) is 0 Å². The Morgan fingerprint density at radius 1 is 0.558 bits per heavy atom. The average molecular weight is 692 g/mol. The number of ether oxygens (including phenoxy) is 1. The van der Waals surface area contributed by atoms with Crippen molar-refractivity contribution >= 4 is 5.97 Å². The van der Waals surface area contributed by atoms with Gasteiger partial charge < -0.3 is 14.6 Å². The Kier molecular flexibility index (Phi) is 10.9. The summed E-state index contributed by atoms with van der Waals surface area (Å²) in [6.45, 7) is -1.59. The second-order valence-electron chi connectivity index (χ2n) is 7.86. The van der Waals surface area contributed by atoms with Crippen LogP contribution in [0.5, 0.6) is 5.75 Å². The van der Waals surface area contributed by atoms with Crippen molar-refractivity contribution in [3.05, 3.63) is 29.8 Å². The van der Waals surface area contributed by atoms with Gasteiger partial charge >= 0.3 is 89.0 Å². The van der Waals surface area contributed by atoms with Crippen molar-refractivity contribution in [2.75, 3.05) is 6.61 Å². The van der Waals surface area contributed by atoms with Crippen molar-refractivity contribution in [1.29, 1.82) is 0 Å². The largest absolute Gasteiger partial charge is 1.00 e. The van der Waals surface area contributed by atoms with Crippen molar-refractivity contribution in [2.24, 2.45) is 0 Å². The topological polar surface area (TPSA) is 49.4 Å². The predicted octanol–water partition coefficient (Wildman–Crippen LogP) is 3.56. The Morgan fingerprint density at radius 2 is 0.884 bits per heavy atom. The molecule has 0 N–H and O–H groups in total. The van der Waals surface area contributed by atoms with Gasteiger partial charge in [0.15, 0.2) is 0 Å². The number of rotatable bonds is 12. The first kappa shape index (κ1) is 41.0. The molecule has 3 nitrogen and oxygen atoms in total. The monoisotopic (exact) mass is 692 g/mol. The van der Waals surface area contributed by atoms with E-state index >= 15 is 0 Å². The Labute approximate surface area is 244 Å². The van der Waals surface area contributed by atoms with Crippen molar-refractivity contribution in [3.63, 3.8) is 0 Å². The number of halogens is 21. The fraction of sp³-hybridized carbons (Fsp3) is 0.611. The summed E-state index contributed by atoms with van der Waals surface area (Å²) in [5.74, 6) is -81.5. The van der Waals surface area contributed by atoms with Gasteiger partial charge in [-0.3, -0.25) is 0 Å². The zero-order chi connectivity index (χ0) is 34.0. The summed E-state index contributed by atoms with van der Waals surface area (Å²) in [5, 5.41) is 10.3. The average Bonchev–Trinajstić information content (AvgIpc) is 2.81.